The van der Waals surface area contributed by atoms with Crippen molar-refractivity contribution < 1.29 is 19.4 Å². The molecule has 0 saturated heterocycles. The highest BCUT2D eigenvalue weighted by Crippen LogP contribution is 2.29. The molecular formula is C13H19NO4. The van der Waals surface area contributed by atoms with Gasteiger partial charge in [0.15, 0.2) is 0 Å². The van der Waals surface area contributed by atoms with Crippen LogP contribution in [0.5, 0.6) is 11.5 Å². The van der Waals surface area contributed by atoms with Crippen molar-refractivity contribution in [3.8, 4) is 11.5 Å². The topological polar surface area (TPSA) is 67.8 Å². The molecule has 0 aliphatic rings. The molecule has 0 aliphatic heterocycles. The van der Waals surface area contributed by atoms with E-state index in [0.29, 0.717) is 17.1 Å². The lowest BCUT2D eigenvalue weighted by molar-refractivity contribution is 0.0923. The van der Waals surface area contributed by atoms with Gasteiger partial charge in [-0.15, -0.1) is 0 Å². The van der Waals surface area contributed by atoms with Gasteiger partial charge < -0.3 is 19.9 Å². The van der Waals surface area contributed by atoms with Gasteiger partial charge in [0, 0.05) is 17.7 Å². The summed E-state index contributed by atoms with van der Waals surface area (Å²) in [6.07, 6.45) is -0.580. The molecule has 0 spiro atoms. The normalized spacial score (nSPS) is 11.8. The Hall–Kier alpha value is -1.75. The highest BCUT2D eigenvalue weighted by Gasteiger charge is 2.13. The van der Waals surface area contributed by atoms with E-state index in [9.17, 15) is 4.79 Å². The molecule has 0 aromatic heterocycles. The molecule has 0 fully saturated rings. The Morgan fingerprint density at radius 3 is 2.22 bits per heavy atom. The maximum Gasteiger partial charge on any atom is 0.251 e. The number of methoxy groups -OCH3 is 2. The minimum absolute atomic E-state index is 0.206. The fourth-order valence-corrected chi connectivity index (χ4v) is 1.56. The maximum atomic E-state index is 11.9. The van der Waals surface area contributed by atoms with E-state index in [1.54, 1.807) is 33.3 Å². The van der Waals surface area contributed by atoms with Gasteiger partial charge in [-0.05, 0) is 26.0 Å². The van der Waals surface area contributed by atoms with E-state index in [-0.39, 0.29) is 12.5 Å². The molecule has 0 saturated carbocycles. The van der Waals surface area contributed by atoms with E-state index in [4.69, 9.17) is 14.6 Å². The van der Waals surface area contributed by atoms with E-state index in [0.717, 1.165) is 5.56 Å². The predicted molar refractivity (Wildman–Crippen MR) is 68.3 cm³/mol. The summed E-state index contributed by atoms with van der Waals surface area (Å²) in [4.78, 5) is 11.9. The lowest BCUT2D eigenvalue weighted by Gasteiger charge is -2.13. The number of amides is 1. The second-order valence-corrected chi connectivity index (χ2v) is 4.06. The van der Waals surface area contributed by atoms with Crippen molar-refractivity contribution in [2.75, 3.05) is 20.8 Å². The largest absolute Gasteiger partial charge is 0.496 e. The average molecular weight is 253 g/mol. The summed E-state index contributed by atoms with van der Waals surface area (Å²) in [6, 6.07) is 3.30. The molecule has 5 heteroatoms. The van der Waals surface area contributed by atoms with Crippen LogP contribution in [0.3, 0.4) is 0 Å². The zero-order valence-electron chi connectivity index (χ0n) is 11.1. The summed E-state index contributed by atoms with van der Waals surface area (Å²) in [7, 11) is 3.08. The number of hydrogen-bond donors (Lipinski definition) is 2. The lowest BCUT2D eigenvalue weighted by Crippen LogP contribution is -2.30. The molecule has 100 valence electrons. The van der Waals surface area contributed by atoms with Crippen molar-refractivity contribution in [3.63, 3.8) is 0 Å². The van der Waals surface area contributed by atoms with Crippen molar-refractivity contribution in [1.82, 2.24) is 5.32 Å². The predicted octanol–water partition coefficient (Wildman–Crippen LogP) is 1.12. The van der Waals surface area contributed by atoms with Crippen molar-refractivity contribution in [2.45, 2.75) is 20.0 Å². The van der Waals surface area contributed by atoms with Gasteiger partial charge in [-0.2, -0.15) is 0 Å². The highest BCUT2D eigenvalue weighted by atomic mass is 16.5. The molecule has 1 amide bonds. The summed E-state index contributed by atoms with van der Waals surface area (Å²) < 4.78 is 10.4. The van der Waals surface area contributed by atoms with Gasteiger partial charge in [0.05, 0.1) is 20.3 Å². The van der Waals surface area contributed by atoms with E-state index in [2.05, 4.69) is 5.32 Å². The number of rotatable bonds is 5. The summed E-state index contributed by atoms with van der Waals surface area (Å²) in [5, 5.41) is 11.8. The number of carbonyl (C=O) groups is 1. The van der Waals surface area contributed by atoms with Crippen LogP contribution in [0.25, 0.3) is 0 Å². The molecule has 0 unspecified atom stereocenters. The van der Waals surface area contributed by atoms with Crippen molar-refractivity contribution >= 4 is 5.91 Å². The van der Waals surface area contributed by atoms with Crippen molar-refractivity contribution in [1.29, 1.82) is 0 Å². The Bertz CT molecular complexity index is 404. The standard InChI is InChI=1S/C13H19NO4/c1-8(15)7-14-13(16)10-5-11(17-3)9(2)12(6-10)18-4/h5-6,8,15H,7H2,1-4H3,(H,14,16)/t8-/m0/s1. The maximum absolute atomic E-state index is 11.9. The monoisotopic (exact) mass is 253 g/mol. The minimum Gasteiger partial charge on any atom is -0.496 e. The van der Waals surface area contributed by atoms with Crippen LogP contribution < -0.4 is 14.8 Å². The van der Waals surface area contributed by atoms with Crippen molar-refractivity contribution in [3.05, 3.63) is 23.3 Å². The minimum atomic E-state index is -0.580. The number of ether oxygens (including phenoxy) is 2. The highest BCUT2D eigenvalue weighted by molar-refractivity contribution is 5.95. The molecule has 0 heterocycles. The number of hydrogen-bond acceptors (Lipinski definition) is 4. The van der Waals surface area contributed by atoms with Gasteiger partial charge in [-0.3, -0.25) is 4.79 Å². The van der Waals surface area contributed by atoms with Gasteiger partial charge >= 0.3 is 0 Å². The van der Waals surface area contributed by atoms with E-state index in [1.165, 1.54) is 0 Å². The zero-order valence-corrected chi connectivity index (χ0v) is 11.1. The number of aliphatic hydroxyl groups excluding tert-OH is 1. The fourth-order valence-electron chi connectivity index (χ4n) is 1.56. The van der Waals surface area contributed by atoms with E-state index < -0.39 is 6.10 Å². The van der Waals surface area contributed by atoms with Crippen LogP contribution in [0.15, 0.2) is 12.1 Å². The third-order valence-corrected chi connectivity index (χ3v) is 2.57. The van der Waals surface area contributed by atoms with Gasteiger partial charge in [0.25, 0.3) is 5.91 Å². The lowest BCUT2D eigenvalue weighted by atomic mass is 10.1. The molecule has 0 aliphatic carbocycles. The molecule has 1 aromatic rings. The molecule has 0 bridgehead atoms. The van der Waals surface area contributed by atoms with Crippen LogP contribution in [-0.2, 0) is 0 Å². The van der Waals surface area contributed by atoms with Gasteiger partial charge in [0.2, 0.25) is 0 Å². The summed E-state index contributed by atoms with van der Waals surface area (Å²) in [5.74, 6) is 0.917. The molecule has 1 atom stereocenters. The third kappa shape index (κ3) is 3.37. The summed E-state index contributed by atoms with van der Waals surface area (Å²) >= 11 is 0. The molecule has 18 heavy (non-hydrogen) atoms. The van der Waals surface area contributed by atoms with Crippen LogP contribution in [-0.4, -0.2) is 37.9 Å². The summed E-state index contributed by atoms with van der Waals surface area (Å²) in [6.45, 7) is 3.67. The zero-order chi connectivity index (χ0) is 13.7. The van der Waals surface area contributed by atoms with E-state index in [1.807, 2.05) is 6.92 Å². The van der Waals surface area contributed by atoms with Gasteiger partial charge in [-0.25, -0.2) is 0 Å². The Balaban J connectivity index is 2.98. The first-order valence-corrected chi connectivity index (χ1v) is 5.68. The van der Waals surface area contributed by atoms with Crippen LogP contribution in [0.2, 0.25) is 0 Å². The van der Waals surface area contributed by atoms with Crippen LogP contribution in [0.1, 0.15) is 22.8 Å². The molecule has 1 aromatic carbocycles. The van der Waals surface area contributed by atoms with Gasteiger partial charge in [0.1, 0.15) is 11.5 Å². The molecule has 0 radical (unpaired) electrons. The number of benzene rings is 1. The Morgan fingerprint density at radius 1 is 1.33 bits per heavy atom. The van der Waals surface area contributed by atoms with Crippen LogP contribution >= 0.6 is 0 Å². The smallest absolute Gasteiger partial charge is 0.251 e. The molecular weight excluding hydrogens is 234 g/mol. The SMILES string of the molecule is COc1cc(C(=O)NC[C@H](C)O)cc(OC)c1C. The number of nitrogens with one attached hydrogen (secondary N) is 1. The second-order valence-electron chi connectivity index (χ2n) is 4.06. The molecule has 2 N–H and O–H groups in total. The molecule has 1 rings (SSSR count). The molecule has 5 nitrogen and oxygen atoms in total. The summed E-state index contributed by atoms with van der Waals surface area (Å²) in [5.41, 5.74) is 1.28. The first-order chi connectivity index (χ1) is 8.49. The average Bonchev–Trinajstić information content (AvgIpc) is 2.36. The van der Waals surface area contributed by atoms with Crippen LogP contribution in [0, 0.1) is 6.92 Å². The number of aliphatic hydroxyl groups is 1. The van der Waals surface area contributed by atoms with Crippen molar-refractivity contribution in [2.24, 2.45) is 0 Å². The van der Waals surface area contributed by atoms with E-state index >= 15 is 0 Å². The Labute approximate surface area is 107 Å². The first kappa shape index (κ1) is 14.3. The van der Waals surface area contributed by atoms with Crippen LogP contribution in [0.4, 0.5) is 0 Å². The fraction of sp³-hybridized carbons (Fsp3) is 0.462. The van der Waals surface area contributed by atoms with Gasteiger partial charge in [-0.1, -0.05) is 0 Å². The quantitative estimate of drug-likeness (QED) is 0.825. The number of carbonyl (C=O) groups excluding carboxylic acids is 1. The first-order valence-electron chi connectivity index (χ1n) is 5.68. The third-order valence-electron chi connectivity index (χ3n) is 2.57. The Morgan fingerprint density at radius 2 is 1.83 bits per heavy atom. The second kappa shape index (κ2) is 6.26. The Kier molecular flexibility index (Phi) is 4.97.